The van der Waals surface area contributed by atoms with Crippen molar-refractivity contribution in [2.45, 2.75) is 40.7 Å². The zero-order valence-electron chi connectivity index (χ0n) is 18.3. The summed E-state index contributed by atoms with van der Waals surface area (Å²) in [7, 11) is 1.50. The van der Waals surface area contributed by atoms with Gasteiger partial charge >= 0.3 is 5.97 Å². The van der Waals surface area contributed by atoms with Crippen LogP contribution < -0.4 is 5.32 Å². The van der Waals surface area contributed by atoms with E-state index in [1.165, 1.54) is 17.5 Å². The van der Waals surface area contributed by atoms with Gasteiger partial charge in [0.05, 0.1) is 24.5 Å². The summed E-state index contributed by atoms with van der Waals surface area (Å²) in [6.45, 7) is 8.09. The molecule has 162 valence electrons. The third-order valence-corrected chi connectivity index (χ3v) is 4.74. The molecule has 0 aliphatic carbocycles. The molecule has 1 N–H and O–H groups in total. The molecule has 0 bridgehead atoms. The maximum Gasteiger partial charge on any atom is 0.342 e. The molecule has 1 aromatic carbocycles. The Balaban J connectivity index is 1.96. The summed E-state index contributed by atoms with van der Waals surface area (Å²) in [5, 5.41) is 7.14. The number of aryl methyl sites for hydroxylation is 2. The number of amides is 2. The molecule has 1 aromatic heterocycles. The molecule has 2 rings (SSSR count). The van der Waals surface area contributed by atoms with Crippen LogP contribution in [0.2, 0.25) is 0 Å². The Bertz CT molecular complexity index is 903. The van der Waals surface area contributed by atoms with E-state index >= 15 is 0 Å². The summed E-state index contributed by atoms with van der Waals surface area (Å²) in [5.74, 6) is -1.29. The van der Waals surface area contributed by atoms with Crippen molar-refractivity contribution in [1.82, 2.24) is 20.0 Å². The second-order valence-electron chi connectivity index (χ2n) is 7.36. The van der Waals surface area contributed by atoms with Crippen LogP contribution in [0.5, 0.6) is 0 Å². The summed E-state index contributed by atoms with van der Waals surface area (Å²) >= 11 is 0. The zero-order chi connectivity index (χ0) is 22.3. The van der Waals surface area contributed by atoms with Gasteiger partial charge < -0.3 is 15.0 Å². The van der Waals surface area contributed by atoms with Crippen LogP contribution in [0.4, 0.5) is 0 Å². The van der Waals surface area contributed by atoms with Crippen LogP contribution in [-0.4, -0.2) is 59.2 Å². The highest BCUT2D eigenvalue weighted by molar-refractivity contribution is 5.93. The minimum absolute atomic E-state index is 0.0804. The molecule has 2 amide bonds. The van der Waals surface area contributed by atoms with Gasteiger partial charge in [0.2, 0.25) is 5.91 Å². The molecule has 0 unspecified atom stereocenters. The maximum absolute atomic E-state index is 12.6. The fourth-order valence-corrected chi connectivity index (χ4v) is 2.95. The van der Waals surface area contributed by atoms with Gasteiger partial charge in [-0.05, 0) is 32.8 Å². The van der Waals surface area contributed by atoms with Crippen LogP contribution in [0.25, 0.3) is 0 Å². The first-order chi connectivity index (χ1) is 14.2. The number of aromatic nitrogens is 2. The van der Waals surface area contributed by atoms with E-state index < -0.39 is 18.5 Å². The van der Waals surface area contributed by atoms with E-state index in [4.69, 9.17) is 4.74 Å². The van der Waals surface area contributed by atoms with Crippen molar-refractivity contribution < 1.29 is 19.1 Å². The number of likely N-dealkylation sites (N-methyl/N-ethyl adjacent to an activating group) is 1. The first-order valence-electron chi connectivity index (χ1n) is 10.00. The van der Waals surface area contributed by atoms with E-state index in [0.717, 1.165) is 12.0 Å². The average molecular weight is 415 g/mol. The van der Waals surface area contributed by atoms with Gasteiger partial charge in [0.1, 0.15) is 5.56 Å². The van der Waals surface area contributed by atoms with Crippen molar-refractivity contribution in [3.05, 3.63) is 52.3 Å². The minimum atomic E-state index is -0.600. The monoisotopic (exact) mass is 414 g/mol. The third-order valence-electron chi connectivity index (χ3n) is 4.74. The number of nitrogens with one attached hydrogen (secondary N) is 1. The number of esters is 1. The highest BCUT2D eigenvalue weighted by Crippen LogP contribution is 2.16. The number of hydrogen-bond acceptors (Lipinski definition) is 5. The number of hydrogen-bond donors (Lipinski definition) is 1. The number of benzene rings is 1. The molecule has 0 atom stereocenters. The summed E-state index contributed by atoms with van der Waals surface area (Å²) in [5.41, 5.74) is 3.83. The minimum Gasteiger partial charge on any atom is -0.452 e. The predicted octanol–water partition coefficient (Wildman–Crippen LogP) is 2.00. The van der Waals surface area contributed by atoms with Crippen molar-refractivity contribution in [2.75, 3.05) is 26.7 Å². The van der Waals surface area contributed by atoms with Gasteiger partial charge in [-0.1, -0.05) is 36.8 Å². The fourth-order valence-electron chi connectivity index (χ4n) is 2.95. The van der Waals surface area contributed by atoms with Gasteiger partial charge in [0.25, 0.3) is 5.91 Å². The quantitative estimate of drug-likeness (QED) is 0.634. The summed E-state index contributed by atoms with van der Waals surface area (Å²) in [6.07, 6.45) is 0.817. The Kier molecular flexibility index (Phi) is 8.15. The number of ether oxygens (including phenoxy) is 1. The van der Waals surface area contributed by atoms with Crippen LogP contribution in [0.15, 0.2) is 24.3 Å². The topological polar surface area (TPSA) is 93.5 Å². The summed E-state index contributed by atoms with van der Waals surface area (Å²) in [6, 6.07) is 8.10. The van der Waals surface area contributed by atoms with E-state index in [0.29, 0.717) is 30.0 Å². The van der Waals surface area contributed by atoms with E-state index in [9.17, 15) is 14.4 Å². The van der Waals surface area contributed by atoms with Crippen molar-refractivity contribution in [1.29, 1.82) is 0 Å². The first-order valence-corrected chi connectivity index (χ1v) is 10.00. The fraction of sp³-hybridized carbons (Fsp3) is 0.455. The van der Waals surface area contributed by atoms with Crippen LogP contribution in [0.1, 0.15) is 46.2 Å². The van der Waals surface area contributed by atoms with Crippen molar-refractivity contribution >= 4 is 17.8 Å². The molecular formula is C22H30N4O4. The summed E-state index contributed by atoms with van der Waals surface area (Å²) < 4.78 is 6.95. The molecule has 8 heteroatoms. The first kappa shape index (κ1) is 23.1. The lowest BCUT2D eigenvalue weighted by Crippen LogP contribution is -2.40. The van der Waals surface area contributed by atoms with Gasteiger partial charge in [-0.15, -0.1) is 0 Å². The molecule has 0 saturated heterocycles. The maximum atomic E-state index is 12.6. The van der Waals surface area contributed by atoms with E-state index in [2.05, 4.69) is 10.4 Å². The number of carbonyl (C=O) groups excluding carboxylic acids is 3. The SMILES string of the molecule is CCCNC(=O)CN(C)C(=O)COC(=O)c1c(C)nn(Cc2ccc(C)cc2)c1C. The highest BCUT2D eigenvalue weighted by Gasteiger charge is 2.22. The Labute approximate surface area is 177 Å². The molecule has 0 aliphatic heterocycles. The van der Waals surface area contributed by atoms with Gasteiger partial charge in [-0.3, -0.25) is 14.3 Å². The standard InChI is InChI=1S/C22H30N4O4/c1-6-11-23-19(27)13-25(5)20(28)14-30-22(29)21-16(3)24-26(17(21)4)12-18-9-7-15(2)8-10-18/h7-10H,6,11-14H2,1-5H3,(H,23,27). The van der Waals surface area contributed by atoms with Crippen molar-refractivity contribution in [2.24, 2.45) is 0 Å². The smallest absolute Gasteiger partial charge is 0.342 e. The molecular weight excluding hydrogens is 384 g/mol. The van der Waals surface area contributed by atoms with Crippen LogP contribution in [0, 0.1) is 20.8 Å². The molecule has 2 aromatic rings. The lowest BCUT2D eigenvalue weighted by molar-refractivity contribution is -0.137. The summed E-state index contributed by atoms with van der Waals surface area (Å²) in [4.78, 5) is 37.7. The van der Waals surface area contributed by atoms with Gasteiger partial charge in [-0.25, -0.2) is 4.79 Å². The number of rotatable bonds is 9. The largest absolute Gasteiger partial charge is 0.452 e. The number of nitrogens with zero attached hydrogens (tertiary/aromatic N) is 3. The van der Waals surface area contributed by atoms with Gasteiger partial charge in [0, 0.05) is 13.6 Å². The molecule has 0 fully saturated rings. The van der Waals surface area contributed by atoms with Crippen LogP contribution in [-0.2, 0) is 20.9 Å². The molecule has 8 nitrogen and oxygen atoms in total. The van der Waals surface area contributed by atoms with Gasteiger partial charge in [0.15, 0.2) is 6.61 Å². The van der Waals surface area contributed by atoms with Gasteiger partial charge in [-0.2, -0.15) is 5.10 Å². The molecule has 30 heavy (non-hydrogen) atoms. The third kappa shape index (κ3) is 6.17. The zero-order valence-corrected chi connectivity index (χ0v) is 18.3. The molecule has 0 aliphatic rings. The normalized spacial score (nSPS) is 10.6. The Morgan fingerprint density at radius 2 is 1.80 bits per heavy atom. The van der Waals surface area contributed by atoms with Crippen molar-refractivity contribution in [3.63, 3.8) is 0 Å². The Morgan fingerprint density at radius 3 is 2.43 bits per heavy atom. The number of carbonyl (C=O) groups is 3. The highest BCUT2D eigenvalue weighted by atomic mass is 16.5. The lowest BCUT2D eigenvalue weighted by atomic mass is 10.1. The van der Waals surface area contributed by atoms with E-state index in [1.807, 2.05) is 38.1 Å². The second kappa shape index (κ2) is 10.6. The van der Waals surface area contributed by atoms with E-state index in [1.54, 1.807) is 18.5 Å². The molecule has 0 radical (unpaired) electrons. The molecule has 1 heterocycles. The van der Waals surface area contributed by atoms with Crippen LogP contribution in [0.3, 0.4) is 0 Å². The van der Waals surface area contributed by atoms with Crippen molar-refractivity contribution in [3.8, 4) is 0 Å². The van der Waals surface area contributed by atoms with E-state index in [-0.39, 0.29) is 12.5 Å². The molecule has 0 saturated carbocycles. The van der Waals surface area contributed by atoms with Crippen LogP contribution >= 0.6 is 0 Å². The molecule has 0 spiro atoms. The predicted molar refractivity (Wildman–Crippen MR) is 113 cm³/mol. The second-order valence-corrected chi connectivity index (χ2v) is 7.36. The Hall–Kier alpha value is -3.16. The Morgan fingerprint density at radius 1 is 1.13 bits per heavy atom. The average Bonchev–Trinajstić information content (AvgIpc) is 2.99. The lowest BCUT2D eigenvalue weighted by Gasteiger charge is -2.16.